The highest BCUT2D eigenvalue weighted by molar-refractivity contribution is 5.92. The van der Waals surface area contributed by atoms with Crippen LogP contribution in [0.3, 0.4) is 0 Å². The monoisotopic (exact) mass is 397 g/mol. The zero-order valence-corrected chi connectivity index (χ0v) is 17.1. The number of carbonyl (C=O) groups is 1. The molecule has 1 amide bonds. The summed E-state index contributed by atoms with van der Waals surface area (Å²) >= 11 is 0. The Morgan fingerprint density at radius 3 is 2.48 bits per heavy atom. The summed E-state index contributed by atoms with van der Waals surface area (Å²) in [5, 5.41) is 12.5. The minimum absolute atomic E-state index is 0.0445. The lowest BCUT2D eigenvalue weighted by Gasteiger charge is -2.36. The zero-order valence-electron chi connectivity index (χ0n) is 17.1. The fourth-order valence-electron chi connectivity index (χ4n) is 3.69. The van der Waals surface area contributed by atoms with E-state index in [4.69, 9.17) is 4.74 Å². The van der Waals surface area contributed by atoms with Crippen molar-refractivity contribution in [2.45, 2.75) is 25.7 Å². The van der Waals surface area contributed by atoms with Gasteiger partial charge in [-0.1, -0.05) is 30.7 Å². The number of para-hydroxylation sites is 4. The molecule has 0 unspecified atom stereocenters. The summed E-state index contributed by atoms with van der Waals surface area (Å²) in [7, 11) is 1.72. The van der Waals surface area contributed by atoms with E-state index in [1.165, 1.54) is 5.69 Å². The molecule has 2 aromatic carbocycles. The molecule has 0 radical (unpaired) electrons. The number of nitrogens with zero attached hydrogens (tertiary/aromatic N) is 2. The van der Waals surface area contributed by atoms with Gasteiger partial charge in [-0.3, -0.25) is 9.69 Å². The summed E-state index contributed by atoms with van der Waals surface area (Å²) < 4.78 is 5.48. The summed E-state index contributed by atoms with van der Waals surface area (Å²) in [6, 6.07) is 15.0. The minimum Gasteiger partial charge on any atom is -0.506 e. The van der Waals surface area contributed by atoms with Crippen LogP contribution in [0.2, 0.25) is 0 Å². The molecule has 1 aliphatic rings. The Labute approximate surface area is 173 Å². The highest BCUT2D eigenvalue weighted by atomic mass is 16.5. The molecule has 1 aliphatic heterocycles. The Bertz CT molecular complexity index is 788. The van der Waals surface area contributed by atoms with Crippen LogP contribution in [0, 0.1) is 0 Å². The quantitative estimate of drug-likeness (QED) is 0.499. The number of phenolic OH excluding ortho intramolecular Hbond substituents is 1. The van der Waals surface area contributed by atoms with Gasteiger partial charge < -0.3 is 20.1 Å². The van der Waals surface area contributed by atoms with Gasteiger partial charge >= 0.3 is 0 Å². The van der Waals surface area contributed by atoms with Gasteiger partial charge in [0.25, 0.3) is 0 Å². The maximum absolute atomic E-state index is 12.0. The number of piperazine rings is 1. The lowest BCUT2D eigenvalue weighted by Crippen LogP contribution is -2.46. The van der Waals surface area contributed by atoms with Gasteiger partial charge in [0.05, 0.1) is 18.5 Å². The summed E-state index contributed by atoms with van der Waals surface area (Å²) in [6.07, 6.45) is 3.47. The van der Waals surface area contributed by atoms with Gasteiger partial charge in [0.1, 0.15) is 11.5 Å². The summed E-state index contributed by atoms with van der Waals surface area (Å²) in [5.41, 5.74) is 1.65. The molecule has 1 saturated heterocycles. The molecule has 1 heterocycles. The first-order valence-corrected chi connectivity index (χ1v) is 10.4. The van der Waals surface area contributed by atoms with Gasteiger partial charge in [0, 0.05) is 32.6 Å². The van der Waals surface area contributed by atoms with Gasteiger partial charge in [-0.15, -0.1) is 0 Å². The van der Waals surface area contributed by atoms with E-state index in [2.05, 4.69) is 27.2 Å². The van der Waals surface area contributed by atoms with Crippen LogP contribution in [0.25, 0.3) is 0 Å². The number of aromatic hydroxyl groups is 1. The van der Waals surface area contributed by atoms with Crippen LogP contribution in [0.4, 0.5) is 11.4 Å². The van der Waals surface area contributed by atoms with Crippen LogP contribution in [0.5, 0.6) is 11.5 Å². The molecule has 0 aliphatic carbocycles. The number of carbonyl (C=O) groups excluding carboxylic acids is 1. The van der Waals surface area contributed by atoms with Crippen LogP contribution in [0.15, 0.2) is 48.5 Å². The molecule has 0 spiro atoms. The van der Waals surface area contributed by atoms with Crippen molar-refractivity contribution in [2.75, 3.05) is 50.1 Å². The number of hydrogen-bond acceptors (Lipinski definition) is 5. The van der Waals surface area contributed by atoms with Gasteiger partial charge in [-0.25, -0.2) is 0 Å². The van der Waals surface area contributed by atoms with Crippen LogP contribution < -0.4 is 15.0 Å². The van der Waals surface area contributed by atoms with Crippen LogP contribution in [-0.4, -0.2) is 55.7 Å². The van der Waals surface area contributed by atoms with E-state index < -0.39 is 0 Å². The van der Waals surface area contributed by atoms with E-state index >= 15 is 0 Å². The third kappa shape index (κ3) is 6.12. The number of anilines is 2. The number of amides is 1. The predicted molar refractivity (Wildman–Crippen MR) is 117 cm³/mol. The topological polar surface area (TPSA) is 65.0 Å². The number of unbranched alkanes of at least 4 members (excludes halogenated alkanes) is 2. The van der Waals surface area contributed by atoms with Crippen LogP contribution in [-0.2, 0) is 4.79 Å². The fraction of sp³-hybridized carbons (Fsp3) is 0.435. The lowest BCUT2D eigenvalue weighted by molar-refractivity contribution is -0.116. The van der Waals surface area contributed by atoms with Crippen LogP contribution >= 0.6 is 0 Å². The second-order valence-corrected chi connectivity index (χ2v) is 7.38. The molecule has 2 N–H and O–H groups in total. The number of phenols is 1. The largest absolute Gasteiger partial charge is 0.506 e. The van der Waals surface area contributed by atoms with Crippen molar-refractivity contribution < 1.29 is 14.6 Å². The Morgan fingerprint density at radius 2 is 1.72 bits per heavy atom. The Kier molecular flexibility index (Phi) is 7.76. The van der Waals surface area contributed by atoms with Crippen molar-refractivity contribution >= 4 is 17.3 Å². The normalized spacial score (nSPS) is 14.6. The molecule has 0 atom stereocenters. The molecule has 29 heavy (non-hydrogen) atoms. The smallest absolute Gasteiger partial charge is 0.224 e. The Hall–Kier alpha value is -2.73. The first-order valence-electron chi connectivity index (χ1n) is 10.4. The van der Waals surface area contributed by atoms with Crippen molar-refractivity contribution in [1.29, 1.82) is 0 Å². The van der Waals surface area contributed by atoms with Crippen molar-refractivity contribution in [3.05, 3.63) is 48.5 Å². The average Bonchev–Trinajstić information content (AvgIpc) is 2.75. The molecular weight excluding hydrogens is 366 g/mol. The predicted octanol–water partition coefficient (Wildman–Crippen LogP) is 3.72. The molecule has 6 nitrogen and oxygen atoms in total. The molecule has 3 rings (SSSR count). The van der Waals surface area contributed by atoms with Gasteiger partial charge in [-0.2, -0.15) is 0 Å². The van der Waals surface area contributed by atoms with Gasteiger partial charge in [-0.05, 0) is 43.7 Å². The van der Waals surface area contributed by atoms with Crippen molar-refractivity contribution in [3.8, 4) is 11.5 Å². The molecule has 0 aromatic heterocycles. The fourth-order valence-corrected chi connectivity index (χ4v) is 3.69. The van der Waals surface area contributed by atoms with E-state index in [0.29, 0.717) is 12.1 Å². The summed E-state index contributed by atoms with van der Waals surface area (Å²) in [4.78, 5) is 16.9. The van der Waals surface area contributed by atoms with Crippen molar-refractivity contribution in [2.24, 2.45) is 0 Å². The maximum Gasteiger partial charge on any atom is 0.224 e. The third-order valence-corrected chi connectivity index (χ3v) is 5.35. The van der Waals surface area contributed by atoms with E-state index in [0.717, 1.165) is 57.7 Å². The number of ether oxygens (including phenoxy) is 1. The second kappa shape index (κ2) is 10.7. The maximum atomic E-state index is 12.0. The van der Waals surface area contributed by atoms with Crippen molar-refractivity contribution in [1.82, 2.24) is 4.90 Å². The average molecular weight is 398 g/mol. The number of rotatable bonds is 9. The molecule has 0 bridgehead atoms. The summed E-state index contributed by atoms with van der Waals surface area (Å²) in [6.45, 7) is 5.17. The SMILES string of the molecule is COc1ccccc1N1CCN(CCCCCC(=O)Nc2ccccc2O)CC1. The Balaban J connectivity index is 1.30. The third-order valence-electron chi connectivity index (χ3n) is 5.35. The molecule has 0 saturated carbocycles. The van der Waals surface area contributed by atoms with Gasteiger partial charge in [0.15, 0.2) is 0 Å². The number of methoxy groups -OCH3 is 1. The van der Waals surface area contributed by atoms with E-state index in [1.807, 2.05) is 12.1 Å². The van der Waals surface area contributed by atoms with Crippen LogP contribution in [0.1, 0.15) is 25.7 Å². The Morgan fingerprint density at radius 1 is 1.00 bits per heavy atom. The minimum atomic E-state index is -0.0445. The molecule has 6 heteroatoms. The first kappa shape index (κ1) is 21.0. The van der Waals surface area contributed by atoms with E-state index in [9.17, 15) is 9.90 Å². The highest BCUT2D eigenvalue weighted by Gasteiger charge is 2.19. The zero-order chi connectivity index (χ0) is 20.5. The lowest BCUT2D eigenvalue weighted by atomic mass is 10.1. The molecule has 1 fully saturated rings. The van der Waals surface area contributed by atoms with Gasteiger partial charge in [0.2, 0.25) is 5.91 Å². The van der Waals surface area contributed by atoms with E-state index in [-0.39, 0.29) is 11.7 Å². The second-order valence-electron chi connectivity index (χ2n) is 7.38. The number of benzene rings is 2. The number of nitrogens with one attached hydrogen (secondary N) is 1. The number of hydrogen-bond donors (Lipinski definition) is 2. The standard InChI is InChI=1S/C23H31N3O3/c1-29-22-12-7-5-10-20(22)26-17-15-25(16-18-26)14-8-2-3-13-23(28)24-19-9-4-6-11-21(19)27/h4-7,9-12,27H,2-3,8,13-18H2,1H3,(H,24,28). The molecule has 2 aromatic rings. The van der Waals surface area contributed by atoms with E-state index in [1.54, 1.807) is 31.4 Å². The first-order chi connectivity index (χ1) is 14.2. The molecular formula is C23H31N3O3. The summed E-state index contributed by atoms with van der Waals surface area (Å²) in [5.74, 6) is 0.994. The van der Waals surface area contributed by atoms with Crippen molar-refractivity contribution in [3.63, 3.8) is 0 Å². The molecule has 156 valence electrons. The highest BCUT2D eigenvalue weighted by Crippen LogP contribution is 2.28.